The van der Waals surface area contributed by atoms with Crippen molar-refractivity contribution >= 4 is 38.8 Å². The molecule has 1 N–H and O–H groups in total. The molecule has 0 aliphatic heterocycles. The van der Waals surface area contributed by atoms with E-state index in [-0.39, 0.29) is 6.10 Å². The van der Waals surface area contributed by atoms with Crippen molar-refractivity contribution < 1.29 is 9.53 Å². The molecule has 0 fully saturated rings. The highest BCUT2D eigenvalue weighted by Gasteiger charge is 2.21. The van der Waals surface area contributed by atoms with Crippen LogP contribution in [0.25, 0.3) is 32.8 Å². The number of carbonyl (C=O) groups is 1. The van der Waals surface area contributed by atoms with Crippen LogP contribution in [0.4, 0.5) is 0 Å². The van der Waals surface area contributed by atoms with Gasteiger partial charge in [0.2, 0.25) is 0 Å². The molecule has 1 aromatic carbocycles. The van der Waals surface area contributed by atoms with Gasteiger partial charge in [-0.25, -0.2) is 9.78 Å². The fourth-order valence-electron chi connectivity index (χ4n) is 3.26. The highest BCUT2D eigenvalue weighted by atomic mass is 16.5. The Morgan fingerprint density at radius 2 is 1.92 bits per heavy atom. The lowest BCUT2D eigenvalue weighted by Gasteiger charge is -2.11. The minimum Gasteiger partial charge on any atom is -0.458 e. The predicted octanol–water partition coefficient (Wildman–Crippen LogP) is 3.79. The quantitative estimate of drug-likeness (QED) is 0.577. The zero-order chi connectivity index (χ0) is 17.6. The number of nitrogens with zero attached hydrogens (tertiary/aromatic N) is 3. The van der Waals surface area contributed by atoms with E-state index in [1.54, 1.807) is 18.6 Å². The number of ether oxygens (including phenoxy) is 1. The average Bonchev–Trinajstić information content (AvgIpc) is 2.99. The Labute approximate surface area is 144 Å². The Balaban J connectivity index is 2.10. The van der Waals surface area contributed by atoms with Crippen LogP contribution in [-0.2, 0) is 11.2 Å². The third-order valence-corrected chi connectivity index (χ3v) is 4.23. The molecule has 0 aliphatic rings. The topological polar surface area (TPSA) is 80.8 Å². The number of hydrogen-bond acceptors (Lipinski definition) is 5. The molecule has 6 heteroatoms. The Morgan fingerprint density at radius 3 is 2.68 bits per heavy atom. The Hall–Kier alpha value is -3.02. The van der Waals surface area contributed by atoms with Crippen LogP contribution in [0.2, 0.25) is 0 Å². The van der Waals surface area contributed by atoms with E-state index in [9.17, 15) is 4.79 Å². The lowest BCUT2D eigenvalue weighted by atomic mass is 10.0. The van der Waals surface area contributed by atoms with Gasteiger partial charge in [0.05, 0.1) is 28.9 Å². The summed E-state index contributed by atoms with van der Waals surface area (Å²) in [4.78, 5) is 29.1. The van der Waals surface area contributed by atoms with E-state index in [0.29, 0.717) is 12.1 Å². The normalized spacial score (nSPS) is 11.7. The first-order valence-electron chi connectivity index (χ1n) is 8.34. The largest absolute Gasteiger partial charge is 0.458 e. The van der Waals surface area contributed by atoms with E-state index < -0.39 is 5.97 Å². The van der Waals surface area contributed by atoms with Crippen LogP contribution in [0.1, 0.15) is 36.8 Å². The molecule has 0 bridgehead atoms. The van der Waals surface area contributed by atoms with Crippen molar-refractivity contribution in [3.05, 3.63) is 42.0 Å². The summed E-state index contributed by atoms with van der Waals surface area (Å²) in [6.45, 7) is 5.67. The summed E-state index contributed by atoms with van der Waals surface area (Å²) in [6.07, 6.45) is 5.52. The molecule has 0 spiro atoms. The summed E-state index contributed by atoms with van der Waals surface area (Å²) in [7, 11) is 0. The number of fused-ring (bicyclic) bond motifs is 5. The van der Waals surface area contributed by atoms with Gasteiger partial charge >= 0.3 is 5.97 Å². The second-order valence-corrected chi connectivity index (χ2v) is 6.22. The number of hydrogen-bond donors (Lipinski definition) is 1. The molecule has 0 aliphatic carbocycles. The fraction of sp³-hybridized carbons (Fsp3) is 0.263. The van der Waals surface area contributed by atoms with E-state index in [1.165, 1.54) is 0 Å². The van der Waals surface area contributed by atoms with Crippen molar-refractivity contribution in [2.24, 2.45) is 0 Å². The van der Waals surface area contributed by atoms with Crippen molar-refractivity contribution in [3.63, 3.8) is 0 Å². The van der Waals surface area contributed by atoms with Crippen LogP contribution in [0, 0.1) is 0 Å². The van der Waals surface area contributed by atoms with Gasteiger partial charge in [-0.05, 0) is 38.0 Å². The number of aromatic amines is 1. The summed E-state index contributed by atoms with van der Waals surface area (Å²) in [5, 5.41) is 1.94. The van der Waals surface area contributed by atoms with Gasteiger partial charge in [-0.1, -0.05) is 6.92 Å². The van der Waals surface area contributed by atoms with Crippen LogP contribution in [-0.4, -0.2) is 32.0 Å². The number of nitrogens with one attached hydrogen (secondary N) is 1. The lowest BCUT2D eigenvalue weighted by molar-refractivity contribution is 0.0370. The third-order valence-electron chi connectivity index (χ3n) is 4.23. The number of H-pyrrole nitrogens is 1. The van der Waals surface area contributed by atoms with Gasteiger partial charge in [-0.3, -0.25) is 9.97 Å². The Kier molecular flexibility index (Phi) is 3.60. The molecule has 3 aromatic heterocycles. The molecule has 0 amide bonds. The smallest absolute Gasteiger partial charge is 0.357 e. The number of rotatable bonds is 3. The maximum Gasteiger partial charge on any atom is 0.357 e. The van der Waals surface area contributed by atoms with Crippen molar-refractivity contribution in [2.45, 2.75) is 33.3 Å². The van der Waals surface area contributed by atoms with E-state index in [2.05, 4.69) is 19.9 Å². The minimum absolute atomic E-state index is 0.190. The number of benzene rings is 1. The van der Waals surface area contributed by atoms with Gasteiger partial charge < -0.3 is 9.72 Å². The Bertz CT molecular complexity index is 1110. The van der Waals surface area contributed by atoms with Gasteiger partial charge in [0.15, 0.2) is 5.69 Å². The number of aryl methyl sites for hydroxylation is 1. The van der Waals surface area contributed by atoms with Crippen LogP contribution >= 0.6 is 0 Å². The summed E-state index contributed by atoms with van der Waals surface area (Å²) in [5.41, 5.74) is 4.70. The fourth-order valence-corrected chi connectivity index (χ4v) is 3.26. The molecule has 4 aromatic rings. The molecular formula is C19H18N4O2. The SMILES string of the molecule is CCc1c(C(=O)OC(C)C)ncc2[nH]c3ccc4nccnc4c3c12. The summed E-state index contributed by atoms with van der Waals surface area (Å²) in [6, 6.07) is 3.92. The molecule has 0 unspecified atom stereocenters. The van der Waals surface area contributed by atoms with Crippen molar-refractivity contribution in [1.82, 2.24) is 19.9 Å². The van der Waals surface area contributed by atoms with E-state index in [1.807, 2.05) is 32.9 Å². The van der Waals surface area contributed by atoms with Gasteiger partial charge in [-0.15, -0.1) is 0 Å². The first-order valence-corrected chi connectivity index (χ1v) is 8.34. The number of carbonyl (C=O) groups excluding carboxylic acids is 1. The van der Waals surface area contributed by atoms with Crippen molar-refractivity contribution in [2.75, 3.05) is 0 Å². The highest BCUT2D eigenvalue weighted by Crippen LogP contribution is 2.33. The zero-order valence-electron chi connectivity index (χ0n) is 14.3. The molecule has 0 saturated carbocycles. The molecule has 3 heterocycles. The summed E-state index contributed by atoms with van der Waals surface area (Å²) >= 11 is 0. The zero-order valence-corrected chi connectivity index (χ0v) is 14.3. The maximum absolute atomic E-state index is 12.5. The molecule has 6 nitrogen and oxygen atoms in total. The molecular weight excluding hydrogens is 316 g/mol. The van der Waals surface area contributed by atoms with E-state index in [4.69, 9.17) is 4.74 Å². The van der Waals surface area contributed by atoms with Gasteiger partial charge in [0.25, 0.3) is 0 Å². The van der Waals surface area contributed by atoms with Crippen LogP contribution < -0.4 is 0 Å². The van der Waals surface area contributed by atoms with Crippen molar-refractivity contribution in [1.29, 1.82) is 0 Å². The second kappa shape index (κ2) is 5.81. The first kappa shape index (κ1) is 15.5. The third kappa shape index (κ3) is 2.41. The molecule has 0 atom stereocenters. The number of esters is 1. The predicted molar refractivity (Wildman–Crippen MR) is 96.6 cm³/mol. The Morgan fingerprint density at radius 1 is 1.12 bits per heavy atom. The van der Waals surface area contributed by atoms with E-state index >= 15 is 0 Å². The lowest BCUT2D eigenvalue weighted by Crippen LogP contribution is -2.15. The van der Waals surface area contributed by atoms with Crippen LogP contribution in [0.5, 0.6) is 0 Å². The van der Waals surface area contributed by atoms with E-state index in [0.717, 1.165) is 38.4 Å². The molecule has 4 rings (SSSR count). The standard InChI is InChI=1S/C19H18N4O2/c1-4-11-15-14(9-22-17(11)19(24)25-10(2)3)23-12-5-6-13-18(16(12)15)21-8-7-20-13/h5-10,23H,4H2,1-3H3. The van der Waals surface area contributed by atoms with Crippen LogP contribution in [0.15, 0.2) is 30.7 Å². The number of aromatic nitrogens is 4. The molecule has 0 radical (unpaired) electrons. The van der Waals surface area contributed by atoms with Gasteiger partial charge in [0, 0.05) is 28.7 Å². The van der Waals surface area contributed by atoms with Gasteiger partial charge in [0.1, 0.15) is 0 Å². The van der Waals surface area contributed by atoms with Crippen LogP contribution in [0.3, 0.4) is 0 Å². The van der Waals surface area contributed by atoms with Gasteiger partial charge in [-0.2, -0.15) is 0 Å². The molecule has 25 heavy (non-hydrogen) atoms. The van der Waals surface area contributed by atoms with Crippen molar-refractivity contribution in [3.8, 4) is 0 Å². The highest BCUT2D eigenvalue weighted by molar-refractivity contribution is 6.20. The molecule has 126 valence electrons. The monoisotopic (exact) mass is 334 g/mol. The summed E-state index contributed by atoms with van der Waals surface area (Å²) in [5.74, 6) is -0.394. The summed E-state index contributed by atoms with van der Waals surface area (Å²) < 4.78 is 5.36. The first-order chi connectivity index (χ1) is 12.1. The average molecular weight is 334 g/mol. The second-order valence-electron chi connectivity index (χ2n) is 6.22. The molecule has 0 saturated heterocycles. The minimum atomic E-state index is -0.394. The maximum atomic E-state index is 12.5. The number of pyridine rings is 1.